The monoisotopic (exact) mass is 473 g/mol. The number of benzene rings is 2. The van der Waals surface area contributed by atoms with Gasteiger partial charge in [0, 0.05) is 30.2 Å². The fraction of sp³-hybridized carbons (Fsp3) is 0.200. The summed E-state index contributed by atoms with van der Waals surface area (Å²) in [6, 6.07) is 15.5. The van der Waals surface area contributed by atoms with Crippen LogP contribution >= 0.6 is 11.6 Å². The van der Waals surface area contributed by atoms with Crippen LogP contribution in [0.3, 0.4) is 0 Å². The SMILES string of the molecule is CC1(C)CCC(=O)Nc2ccc(Nc3ncc(Cl)c(Nc4ccccc4-n4cccn4)n3)cc21. The fourth-order valence-electron chi connectivity index (χ4n) is 4.03. The number of para-hydroxylation sites is 2. The Bertz CT molecular complexity index is 1350. The molecule has 2 aromatic heterocycles. The van der Waals surface area contributed by atoms with Gasteiger partial charge in [-0.25, -0.2) is 9.67 Å². The summed E-state index contributed by atoms with van der Waals surface area (Å²) in [7, 11) is 0. The van der Waals surface area contributed by atoms with Crippen LogP contribution in [0.15, 0.2) is 67.1 Å². The molecule has 1 aliphatic heterocycles. The molecule has 1 aliphatic rings. The molecular formula is C25H24ClN7O. The molecule has 0 aliphatic carbocycles. The van der Waals surface area contributed by atoms with Crippen LogP contribution in [0.1, 0.15) is 32.3 Å². The Morgan fingerprint density at radius 2 is 1.97 bits per heavy atom. The molecule has 0 atom stereocenters. The van der Waals surface area contributed by atoms with Gasteiger partial charge in [-0.05, 0) is 53.8 Å². The highest BCUT2D eigenvalue weighted by molar-refractivity contribution is 6.33. The topological polar surface area (TPSA) is 96.8 Å². The lowest BCUT2D eigenvalue weighted by Crippen LogP contribution is -2.16. The third-order valence-corrected chi connectivity index (χ3v) is 6.19. The van der Waals surface area contributed by atoms with Crippen LogP contribution < -0.4 is 16.0 Å². The molecule has 5 rings (SSSR count). The molecule has 0 fully saturated rings. The smallest absolute Gasteiger partial charge is 0.229 e. The highest BCUT2D eigenvalue weighted by Gasteiger charge is 2.28. The third kappa shape index (κ3) is 4.45. The van der Waals surface area contributed by atoms with Crippen molar-refractivity contribution in [1.82, 2.24) is 19.7 Å². The predicted octanol–water partition coefficient (Wildman–Crippen LogP) is 5.81. The van der Waals surface area contributed by atoms with Crippen molar-refractivity contribution in [3.8, 4) is 5.69 Å². The Hall–Kier alpha value is -3.91. The summed E-state index contributed by atoms with van der Waals surface area (Å²) in [5.41, 5.74) is 4.27. The summed E-state index contributed by atoms with van der Waals surface area (Å²) < 4.78 is 1.77. The zero-order chi connectivity index (χ0) is 23.7. The van der Waals surface area contributed by atoms with Crippen molar-refractivity contribution >= 4 is 46.3 Å². The van der Waals surface area contributed by atoms with Gasteiger partial charge in [-0.1, -0.05) is 37.6 Å². The van der Waals surface area contributed by atoms with E-state index in [1.165, 1.54) is 0 Å². The van der Waals surface area contributed by atoms with E-state index in [9.17, 15) is 4.79 Å². The summed E-state index contributed by atoms with van der Waals surface area (Å²) in [4.78, 5) is 21.0. The number of anilines is 5. The van der Waals surface area contributed by atoms with Crippen LogP contribution in [0, 0.1) is 0 Å². The van der Waals surface area contributed by atoms with E-state index in [1.807, 2.05) is 54.7 Å². The number of fused-ring (bicyclic) bond motifs is 1. The Morgan fingerprint density at radius 1 is 1.12 bits per heavy atom. The quantitative estimate of drug-likeness (QED) is 0.338. The molecule has 172 valence electrons. The molecule has 0 unspecified atom stereocenters. The Kier molecular flexibility index (Phi) is 5.67. The van der Waals surface area contributed by atoms with E-state index in [0.29, 0.717) is 23.2 Å². The Labute approximate surface area is 202 Å². The molecule has 2 aromatic carbocycles. The molecule has 0 saturated carbocycles. The number of nitrogens with zero attached hydrogens (tertiary/aromatic N) is 4. The molecule has 0 bridgehead atoms. The first-order valence-electron chi connectivity index (χ1n) is 11.0. The van der Waals surface area contributed by atoms with Crippen molar-refractivity contribution in [2.75, 3.05) is 16.0 Å². The van der Waals surface area contributed by atoms with Crippen LogP contribution in [0.2, 0.25) is 5.02 Å². The second-order valence-electron chi connectivity index (χ2n) is 8.80. The lowest BCUT2D eigenvalue weighted by Gasteiger charge is -2.25. The van der Waals surface area contributed by atoms with Crippen molar-refractivity contribution in [2.24, 2.45) is 0 Å². The van der Waals surface area contributed by atoms with Crippen LogP contribution in [0.5, 0.6) is 0 Å². The normalized spacial score (nSPS) is 14.6. The lowest BCUT2D eigenvalue weighted by molar-refractivity contribution is -0.116. The maximum absolute atomic E-state index is 12.1. The van der Waals surface area contributed by atoms with E-state index < -0.39 is 0 Å². The Balaban J connectivity index is 1.43. The van der Waals surface area contributed by atoms with Crippen molar-refractivity contribution in [3.63, 3.8) is 0 Å². The maximum atomic E-state index is 12.1. The predicted molar refractivity (Wildman–Crippen MR) is 135 cm³/mol. The number of halogens is 1. The number of hydrogen-bond donors (Lipinski definition) is 3. The van der Waals surface area contributed by atoms with Crippen molar-refractivity contribution in [1.29, 1.82) is 0 Å². The average Bonchev–Trinajstić information content (AvgIpc) is 3.32. The van der Waals surface area contributed by atoms with E-state index in [2.05, 4.69) is 44.9 Å². The van der Waals surface area contributed by atoms with Crippen molar-refractivity contribution in [2.45, 2.75) is 32.1 Å². The van der Waals surface area contributed by atoms with Crippen LogP contribution in [-0.4, -0.2) is 25.7 Å². The number of rotatable bonds is 5. The van der Waals surface area contributed by atoms with Gasteiger partial charge in [-0.3, -0.25) is 4.79 Å². The van der Waals surface area contributed by atoms with E-state index in [0.717, 1.165) is 34.7 Å². The summed E-state index contributed by atoms with van der Waals surface area (Å²) >= 11 is 6.41. The van der Waals surface area contributed by atoms with Gasteiger partial charge < -0.3 is 16.0 Å². The second-order valence-corrected chi connectivity index (χ2v) is 9.21. The number of amides is 1. The molecular weight excluding hydrogens is 450 g/mol. The van der Waals surface area contributed by atoms with E-state index in [4.69, 9.17) is 11.6 Å². The Morgan fingerprint density at radius 3 is 2.79 bits per heavy atom. The second kappa shape index (κ2) is 8.79. The summed E-state index contributed by atoms with van der Waals surface area (Å²) in [6.07, 6.45) is 6.43. The average molecular weight is 474 g/mol. The standard InChI is InChI=1S/C25H24ClN7O/c1-25(2)11-10-22(34)30-19-9-8-16(14-17(19)25)29-24-27-15-18(26)23(32-24)31-20-6-3-4-7-21(20)33-13-5-12-28-33/h3-9,12-15H,10-11H2,1-2H3,(H,30,34)(H2,27,29,31,32). The molecule has 0 spiro atoms. The minimum Gasteiger partial charge on any atom is -0.337 e. The molecule has 0 saturated heterocycles. The van der Waals surface area contributed by atoms with Gasteiger partial charge in [0.15, 0.2) is 5.82 Å². The molecule has 34 heavy (non-hydrogen) atoms. The number of aromatic nitrogens is 4. The molecule has 0 radical (unpaired) electrons. The van der Waals surface area contributed by atoms with Gasteiger partial charge in [-0.15, -0.1) is 0 Å². The summed E-state index contributed by atoms with van der Waals surface area (Å²) in [5, 5.41) is 14.3. The zero-order valence-corrected chi connectivity index (χ0v) is 19.6. The number of carbonyl (C=O) groups is 1. The molecule has 9 heteroatoms. The molecule has 1 amide bonds. The van der Waals surface area contributed by atoms with Gasteiger partial charge in [0.25, 0.3) is 0 Å². The van der Waals surface area contributed by atoms with Gasteiger partial charge >= 0.3 is 0 Å². The highest BCUT2D eigenvalue weighted by Crippen LogP contribution is 2.38. The summed E-state index contributed by atoms with van der Waals surface area (Å²) in [6.45, 7) is 4.29. The first-order valence-corrected chi connectivity index (χ1v) is 11.4. The molecule has 3 heterocycles. The van der Waals surface area contributed by atoms with Crippen LogP contribution in [-0.2, 0) is 10.2 Å². The molecule has 4 aromatic rings. The summed E-state index contributed by atoms with van der Waals surface area (Å²) in [5.74, 6) is 0.916. The molecule has 8 nitrogen and oxygen atoms in total. The number of hydrogen-bond acceptors (Lipinski definition) is 6. The maximum Gasteiger partial charge on any atom is 0.229 e. The largest absolute Gasteiger partial charge is 0.337 e. The van der Waals surface area contributed by atoms with Gasteiger partial charge in [0.2, 0.25) is 11.9 Å². The van der Waals surface area contributed by atoms with Gasteiger partial charge in [-0.2, -0.15) is 10.1 Å². The minimum absolute atomic E-state index is 0.0414. The van der Waals surface area contributed by atoms with E-state index in [-0.39, 0.29) is 11.3 Å². The van der Waals surface area contributed by atoms with E-state index in [1.54, 1.807) is 17.1 Å². The minimum atomic E-state index is -0.143. The number of carbonyl (C=O) groups excluding carboxylic acids is 1. The van der Waals surface area contributed by atoms with Crippen molar-refractivity contribution in [3.05, 3.63) is 77.7 Å². The first kappa shape index (κ1) is 21.9. The zero-order valence-electron chi connectivity index (χ0n) is 18.8. The lowest BCUT2D eigenvalue weighted by atomic mass is 9.80. The molecule has 3 N–H and O–H groups in total. The first-order chi connectivity index (χ1) is 16.4. The van der Waals surface area contributed by atoms with Crippen LogP contribution in [0.4, 0.5) is 28.8 Å². The van der Waals surface area contributed by atoms with E-state index >= 15 is 0 Å². The van der Waals surface area contributed by atoms with Gasteiger partial charge in [0.05, 0.1) is 17.6 Å². The van der Waals surface area contributed by atoms with Crippen LogP contribution in [0.25, 0.3) is 5.69 Å². The highest BCUT2D eigenvalue weighted by atomic mass is 35.5. The van der Waals surface area contributed by atoms with Gasteiger partial charge in [0.1, 0.15) is 5.02 Å². The number of nitrogens with one attached hydrogen (secondary N) is 3. The third-order valence-electron chi connectivity index (χ3n) is 5.91. The fourth-order valence-corrected chi connectivity index (χ4v) is 4.16. The van der Waals surface area contributed by atoms with Crippen molar-refractivity contribution < 1.29 is 4.79 Å².